The molecular weight excluding hydrogens is 344 g/mol. The molecular formula is C20H26N4O3. The number of ether oxygens (including phenoxy) is 1. The van der Waals surface area contributed by atoms with Gasteiger partial charge in [0.25, 0.3) is 0 Å². The third-order valence-corrected chi connectivity index (χ3v) is 4.00. The van der Waals surface area contributed by atoms with Gasteiger partial charge in [0, 0.05) is 31.4 Å². The number of aromatic nitrogens is 1. The lowest BCUT2D eigenvalue weighted by molar-refractivity contribution is -0.123. The van der Waals surface area contributed by atoms with Crippen LogP contribution in [0.25, 0.3) is 0 Å². The van der Waals surface area contributed by atoms with Crippen molar-refractivity contribution in [3.63, 3.8) is 0 Å². The minimum atomic E-state index is -0.329. The summed E-state index contributed by atoms with van der Waals surface area (Å²) in [5.74, 6) is 0.632. The lowest BCUT2D eigenvalue weighted by atomic mass is 10.00. The number of carbonyl (C=O) groups excluding carboxylic acids is 2. The quantitative estimate of drug-likeness (QED) is 0.622. The van der Waals surface area contributed by atoms with Crippen molar-refractivity contribution >= 4 is 11.9 Å². The predicted octanol–water partition coefficient (Wildman–Crippen LogP) is 2.25. The number of hydrogen-bond acceptors (Lipinski definition) is 4. The van der Waals surface area contributed by atoms with Crippen molar-refractivity contribution in [1.82, 2.24) is 20.9 Å². The van der Waals surface area contributed by atoms with Crippen molar-refractivity contribution in [3.05, 3.63) is 59.9 Å². The van der Waals surface area contributed by atoms with Crippen LogP contribution in [0.5, 0.6) is 5.75 Å². The number of pyridine rings is 1. The third kappa shape index (κ3) is 6.29. The van der Waals surface area contributed by atoms with Crippen LogP contribution in [-0.4, -0.2) is 37.1 Å². The van der Waals surface area contributed by atoms with Gasteiger partial charge in [-0.2, -0.15) is 0 Å². The third-order valence-electron chi connectivity index (χ3n) is 4.00. The molecule has 0 aliphatic heterocycles. The van der Waals surface area contributed by atoms with Crippen LogP contribution in [0.2, 0.25) is 0 Å². The summed E-state index contributed by atoms with van der Waals surface area (Å²) < 4.78 is 5.19. The SMILES string of the molecule is COc1ccc([C@@H](NC(=O)NCCNC(=O)C(C)C)c2ccncc2)cc1. The molecule has 3 amide bonds. The molecule has 27 heavy (non-hydrogen) atoms. The first-order valence-electron chi connectivity index (χ1n) is 8.87. The van der Waals surface area contributed by atoms with E-state index in [1.54, 1.807) is 19.5 Å². The van der Waals surface area contributed by atoms with Crippen molar-refractivity contribution in [1.29, 1.82) is 0 Å². The van der Waals surface area contributed by atoms with Gasteiger partial charge in [0.15, 0.2) is 0 Å². The summed E-state index contributed by atoms with van der Waals surface area (Å²) in [4.78, 5) is 27.9. The van der Waals surface area contributed by atoms with Crippen molar-refractivity contribution in [2.75, 3.05) is 20.2 Å². The van der Waals surface area contributed by atoms with Gasteiger partial charge in [-0.3, -0.25) is 9.78 Å². The molecule has 0 aliphatic rings. The van der Waals surface area contributed by atoms with E-state index < -0.39 is 0 Å². The van der Waals surface area contributed by atoms with Crippen molar-refractivity contribution < 1.29 is 14.3 Å². The standard InChI is InChI=1S/C20H26N4O3/c1-14(2)19(25)22-12-13-23-20(26)24-18(16-8-10-21-11-9-16)15-4-6-17(27-3)7-5-15/h4-11,14,18H,12-13H2,1-3H3,(H,22,25)(H2,23,24,26)/t18-/m1/s1. The van der Waals surface area contributed by atoms with Gasteiger partial charge in [-0.05, 0) is 35.4 Å². The van der Waals surface area contributed by atoms with Gasteiger partial charge in [0.1, 0.15) is 5.75 Å². The van der Waals surface area contributed by atoms with Crippen molar-refractivity contribution in [2.24, 2.45) is 5.92 Å². The van der Waals surface area contributed by atoms with Gasteiger partial charge in [0.2, 0.25) is 5.91 Å². The van der Waals surface area contributed by atoms with E-state index in [1.165, 1.54) is 0 Å². The van der Waals surface area contributed by atoms with Crippen LogP contribution in [0, 0.1) is 5.92 Å². The zero-order chi connectivity index (χ0) is 19.6. The Hall–Kier alpha value is -3.09. The molecule has 3 N–H and O–H groups in total. The van der Waals surface area contributed by atoms with E-state index >= 15 is 0 Å². The Morgan fingerprint density at radius 1 is 0.963 bits per heavy atom. The monoisotopic (exact) mass is 370 g/mol. The Bertz CT molecular complexity index is 733. The van der Waals surface area contributed by atoms with E-state index in [0.717, 1.165) is 16.9 Å². The number of urea groups is 1. The Kier molecular flexibility index (Phi) is 7.61. The number of rotatable bonds is 8. The van der Waals surface area contributed by atoms with E-state index in [9.17, 15) is 9.59 Å². The Labute approximate surface area is 159 Å². The average Bonchev–Trinajstić information content (AvgIpc) is 2.70. The fraction of sp³-hybridized carbons (Fsp3) is 0.350. The first kappa shape index (κ1) is 20.2. The zero-order valence-electron chi connectivity index (χ0n) is 15.9. The lowest BCUT2D eigenvalue weighted by Gasteiger charge is -2.20. The number of benzene rings is 1. The Morgan fingerprint density at radius 2 is 1.56 bits per heavy atom. The number of methoxy groups -OCH3 is 1. The summed E-state index contributed by atoms with van der Waals surface area (Å²) in [7, 11) is 1.61. The van der Waals surface area contributed by atoms with E-state index in [1.807, 2.05) is 50.2 Å². The van der Waals surface area contributed by atoms with Crippen LogP contribution < -0.4 is 20.7 Å². The molecule has 1 aromatic heterocycles. The molecule has 144 valence electrons. The minimum absolute atomic E-state index is 0.0369. The van der Waals surface area contributed by atoms with E-state index in [0.29, 0.717) is 13.1 Å². The van der Waals surface area contributed by atoms with Gasteiger partial charge in [0.05, 0.1) is 13.2 Å². The van der Waals surface area contributed by atoms with Crippen molar-refractivity contribution in [2.45, 2.75) is 19.9 Å². The van der Waals surface area contributed by atoms with Gasteiger partial charge in [-0.25, -0.2) is 4.79 Å². The first-order chi connectivity index (χ1) is 13.0. The molecule has 1 aromatic carbocycles. The molecule has 1 heterocycles. The van der Waals surface area contributed by atoms with Crippen molar-refractivity contribution in [3.8, 4) is 5.75 Å². The number of nitrogens with zero attached hydrogens (tertiary/aromatic N) is 1. The molecule has 1 atom stereocenters. The summed E-state index contributed by atoms with van der Waals surface area (Å²) in [6.45, 7) is 4.37. The second-order valence-electron chi connectivity index (χ2n) is 6.33. The molecule has 2 rings (SSSR count). The maximum atomic E-state index is 12.3. The number of carbonyl (C=O) groups is 2. The van der Waals surface area contributed by atoms with Crippen LogP contribution in [0.3, 0.4) is 0 Å². The van der Waals surface area contributed by atoms with Crippen LogP contribution >= 0.6 is 0 Å². The molecule has 7 nitrogen and oxygen atoms in total. The minimum Gasteiger partial charge on any atom is -0.497 e. The fourth-order valence-corrected chi connectivity index (χ4v) is 2.46. The molecule has 2 aromatic rings. The highest BCUT2D eigenvalue weighted by atomic mass is 16.5. The molecule has 0 spiro atoms. The summed E-state index contributed by atoms with van der Waals surface area (Å²) in [5.41, 5.74) is 1.84. The fourth-order valence-electron chi connectivity index (χ4n) is 2.46. The second-order valence-corrected chi connectivity index (χ2v) is 6.33. The first-order valence-corrected chi connectivity index (χ1v) is 8.87. The lowest BCUT2D eigenvalue weighted by Crippen LogP contribution is -2.42. The molecule has 0 unspecified atom stereocenters. The smallest absolute Gasteiger partial charge is 0.315 e. The highest BCUT2D eigenvalue weighted by molar-refractivity contribution is 5.78. The summed E-state index contributed by atoms with van der Waals surface area (Å²) in [6.07, 6.45) is 3.37. The van der Waals surface area contributed by atoms with Crippen LogP contribution in [0.15, 0.2) is 48.8 Å². The second kappa shape index (κ2) is 10.2. The van der Waals surface area contributed by atoms with E-state index in [2.05, 4.69) is 20.9 Å². The molecule has 7 heteroatoms. The van der Waals surface area contributed by atoms with Gasteiger partial charge in [-0.15, -0.1) is 0 Å². The van der Waals surface area contributed by atoms with Gasteiger partial charge >= 0.3 is 6.03 Å². The molecule has 0 bridgehead atoms. The van der Waals surface area contributed by atoms with Crippen LogP contribution in [0.4, 0.5) is 4.79 Å². The summed E-state index contributed by atoms with van der Waals surface area (Å²) >= 11 is 0. The highest BCUT2D eigenvalue weighted by Crippen LogP contribution is 2.23. The molecule has 0 fully saturated rings. The van der Waals surface area contributed by atoms with Crippen LogP contribution in [-0.2, 0) is 4.79 Å². The zero-order valence-corrected chi connectivity index (χ0v) is 15.9. The number of hydrogen-bond donors (Lipinski definition) is 3. The summed E-state index contributed by atoms with van der Waals surface area (Å²) in [5, 5.41) is 8.49. The topological polar surface area (TPSA) is 92.4 Å². The average molecular weight is 370 g/mol. The number of amides is 3. The van der Waals surface area contributed by atoms with Gasteiger partial charge < -0.3 is 20.7 Å². The van der Waals surface area contributed by atoms with E-state index in [4.69, 9.17) is 4.74 Å². The van der Waals surface area contributed by atoms with Gasteiger partial charge in [-0.1, -0.05) is 26.0 Å². The maximum absolute atomic E-state index is 12.3. The summed E-state index contributed by atoms with van der Waals surface area (Å²) in [6, 6.07) is 10.6. The van der Waals surface area contributed by atoms with E-state index in [-0.39, 0.29) is 23.9 Å². The predicted molar refractivity (Wildman–Crippen MR) is 103 cm³/mol. The molecule has 0 aliphatic carbocycles. The normalized spacial score (nSPS) is 11.6. The number of nitrogens with one attached hydrogen (secondary N) is 3. The van der Waals surface area contributed by atoms with Crippen LogP contribution in [0.1, 0.15) is 31.0 Å². The molecule has 0 saturated heterocycles. The maximum Gasteiger partial charge on any atom is 0.315 e. The largest absolute Gasteiger partial charge is 0.497 e. The highest BCUT2D eigenvalue weighted by Gasteiger charge is 2.17. The molecule has 0 saturated carbocycles. The molecule has 0 radical (unpaired) electrons. The Morgan fingerprint density at radius 3 is 2.15 bits per heavy atom. The Balaban J connectivity index is 1.99.